The molecule has 0 N–H and O–H groups in total. The van der Waals surface area contributed by atoms with Crippen molar-refractivity contribution in [2.75, 3.05) is 19.0 Å². The molecule has 2 aliphatic heterocycles. The number of hydrogen-bond donors (Lipinski definition) is 0. The first-order chi connectivity index (χ1) is 24.1. The molecule has 0 atom stereocenters. The van der Waals surface area contributed by atoms with Gasteiger partial charge in [0, 0.05) is 41.6 Å². The lowest BCUT2D eigenvalue weighted by molar-refractivity contribution is -0.401. The van der Waals surface area contributed by atoms with Gasteiger partial charge < -0.3 is 4.90 Å². The van der Waals surface area contributed by atoms with E-state index in [1.165, 1.54) is 120 Å². The highest BCUT2D eigenvalue weighted by Gasteiger charge is 2.51. The minimum Gasteiger partial charge on any atom is -0.347 e. The van der Waals surface area contributed by atoms with Crippen LogP contribution in [0.4, 0.5) is 11.4 Å². The molecule has 0 amide bonds. The fourth-order valence-corrected chi connectivity index (χ4v) is 9.85. The molecule has 0 aromatic heterocycles. The SMILES string of the molecule is CN1/C(=C/C=C/C=C(C#N)/C=C/C=C/C2=[N+](C)c3ccc4ccccc4c3C23CCCCC3)C2(CCCCC2)c2c1ccc1ccccc21. The first-order valence-corrected chi connectivity index (χ1v) is 18.3. The van der Waals surface area contributed by atoms with Crippen LogP contribution < -0.4 is 4.90 Å². The Morgan fingerprint density at radius 1 is 0.714 bits per heavy atom. The Balaban J connectivity index is 1.05. The lowest BCUT2D eigenvalue weighted by atomic mass is 9.66. The predicted octanol–water partition coefficient (Wildman–Crippen LogP) is 11.3. The summed E-state index contributed by atoms with van der Waals surface area (Å²) in [5.74, 6) is 0. The molecule has 2 aliphatic carbocycles. The Hall–Kier alpha value is -4.94. The number of fused-ring (bicyclic) bond motifs is 8. The van der Waals surface area contributed by atoms with Gasteiger partial charge in [0.1, 0.15) is 7.05 Å². The van der Waals surface area contributed by atoms with E-state index in [2.05, 4.69) is 127 Å². The van der Waals surface area contributed by atoms with E-state index in [4.69, 9.17) is 0 Å². The molecule has 4 aliphatic rings. The standard InChI is InChI=1S/C46H46N3/c1-48-39-27-25-35-19-7-9-21-37(35)43(39)45(29-13-3-14-30-45)41(48)23-11-5-17-34(33-47)18-6-12-24-42-46(31-15-4-16-32-46)44-38-22-10-8-20-36(38)26-28-40(44)49(42)2/h5-12,17-28H,3-4,13-16,29-32H2,1-2H3/q+1. The third-order valence-corrected chi connectivity index (χ3v) is 12.0. The van der Waals surface area contributed by atoms with Gasteiger partial charge in [0.25, 0.3) is 0 Å². The normalized spacial score (nSPS) is 21.0. The van der Waals surface area contributed by atoms with Crippen molar-refractivity contribution in [1.82, 2.24) is 0 Å². The highest BCUT2D eigenvalue weighted by atomic mass is 15.2. The first kappa shape index (κ1) is 31.3. The maximum atomic E-state index is 10.0. The number of rotatable bonds is 5. The molecular formula is C46H46N3+. The van der Waals surface area contributed by atoms with Crippen LogP contribution in [0.5, 0.6) is 0 Å². The van der Waals surface area contributed by atoms with Crippen molar-refractivity contribution in [3.05, 3.63) is 144 Å². The zero-order valence-electron chi connectivity index (χ0n) is 29.0. The van der Waals surface area contributed by atoms with Gasteiger partial charge in [-0.15, -0.1) is 0 Å². The van der Waals surface area contributed by atoms with Crippen molar-refractivity contribution < 1.29 is 4.58 Å². The fraction of sp³-hybridized carbons (Fsp3) is 0.304. The average molecular weight is 641 g/mol. The van der Waals surface area contributed by atoms with Gasteiger partial charge in [-0.1, -0.05) is 117 Å². The van der Waals surface area contributed by atoms with Crippen molar-refractivity contribution >= 4 is 38.6 Å². The number of benzene rings is 4. The Morgan fingerprint density at radius 2 is 1.35 bits per heavy atom. The second kappa shape index (κ2) is 12.8. The molecule has 2 heterocycles. The molecule has 2 fully saturated rings. The van der Waals surface area contributed by atoms with E-state index in [9.17, 15) is 5.26 Å². The lowest BCUT2D eigenvalue weighted by Crippen LogP contribution is -2.36. The van der Waals surface area contributed by atoms with E-state index in [0.29, 0.717) is 5.57 Å². The van der Waals surface area contributed by atoms with E-state index in [1.54, 1.807) is 0 Å². The lowest BCUT2D eigenvalue weighted by Gasteiger charge is -2.36. The zero-order valence-corrected chi connectivity index (χ0v) is 29.0. The molecule has 0 radical (unpaired) electrons. The fourth-order valence-electron chi connectivity index (χ4n) is 9.85. The molecule has 0 unspecified atom stereocenters. The van der Waals surface area contributed by atoms with Crippen LogP contribution in [-0.2, 0) is 10.8 Å². The molecule has 4 aromatic carbocycles. The topological polar surface area (TPSA) is 30.0 Å². The largest absolute Gasteiger partial charge is 0.347 e. The van der Waals surface area contributed by atoms with E-state index in [1.807, 2.05) is 24.3 Å². The van der Waals surface area contributed by atoms with Crippen LogP contribution in [0.15, 0.2) is 133 Å². The van der Waals surface area contributed by atoms with Gasteiger partial charge in [-0.05, 0) is 83.2 Å². The van der Waals surface area contributed by atoms with Gasteiger partial charge in [0.15, 0.2) is 5.71 Å². The second-order valence-corrected chi connectivity index (χ2v) is 14.5. The number of anilines is 1. The molecule has 3 nitrogen and oxygen atoms in total. The van der Waals surface area contributed by atoms with E-state index in [-0.39, 0.29) is 10.8 Å². The van der Waals surface area contributed by atoms with Crippen LogP contribution >= 0.6 is 0 Å². The van der Waals surface area contributed by atoms with Crippen LogP contribution in [0.2, 0.25) is 0 Å². The van der Waals surface area contributed by atoms with Crippen LogP contribution in [-0.4, -0.2) is 24.4 Å². The number of hydrogen-bond acceptors (Lipinski definition) is 2. The molecular weight excluding hydrogens is 595 g/mol. The minimum absolute atomic E-state index is 0.0483. The quantitative estimate of drug-likeness (QED) is 0.123. The smallest absolute Gasteiger partial charge is 0.210 e. The average Bonchev–Trinajstić information content (AvgIpc) is 3.51. The Morgan fingerprint density at radius 3 is 2.04 bits per heavy atom. The summed E-state index contributed by atoms with van der Waals surface area (Å²) in [5.41, 5.74) is 9.18. The van der Waals surface area contributed by atoms with Crippen LogP contribution in [0.25, 0.3) is 21.5 Å². The summed E-state index contributed by atoms with van der Waals surface area (Å²) in [6.07, 6.45) is 29.2. The first-order valence-electron chi connectivity index (χ1n) is 18.3. The van der Waals surface area contributed by atoms with Gasteiger partial charge in [-0.25, -0.2) is 0 Å². The van der Waals surface area contributed by atoms with Gasteiger partial charge in [0.2, 0.25) is 5.69 Å². The number of likely N-dealkylation sites (N-methyl/N-ethyl adjacent to an activating group) is 1. The summed E-state index contributed by atoms with van der Waals surface area (Å²) in [6, 6.07) is 29.3. The van der Waals surface area contributed by atoms with Crippen molar-refractivity contribution in [3.8, 4) is 6.07 Å². The van der Waals surface area contributed by atoms with Crippen molar-refractivity contribution in [1.29, 1.82) is 5.26 Å². The van der Waals surface area contributed by atoms with Crippen LogP contribution in [0.1, 0.15) is 75.3 Å². The number of allylic oxidation sites excluding steroid dienone is 10. The van der Waals surface area contributed by atoms with E-state index < -0.39 is 0 Å². The van der Waals surface area contributed by atoms with Crippen molar-refractivity contribution in [2.45, 2.75) is 75.0 Å². The highest BCUT2D eigenvalue weighted by Crippen LogP contribution is 2.57. The van der Waals surface area contributed by atoms with Gasteiger partial charge in [0.05, 0.1) is 17.1 Å². The molecule has 0 saturated heterocycles. The van der Waals surface area contributed by atoms with Crippen LogP contribution in [0.3, 0.4) is 0 Å². The van der Waals surface area contributed by atoms with E-state index >= 15 is 0 Å². The Labute approximate surface area is 291 Å². The second-order valence-electron chi connectivity index (χ2n) is 14.5. The van der Waals surface area contributed by atoms with Crippen LogP contribution in [0, 0.1) is 11.3 Å². The molecule has 244 valence electrons. The summed E-state index contributed by atoms with van der Waals surface area (Å²) in [4.78, 5) is 2.41. The summed E-state index contributed by atoms with van der Waals surface area (Å²) in [7, 11) is 4.45. The molecule has 8 rings (SSSR count). The summed E-state index contributed by atoms with van der Waals surface area (Å²) in [6.45, 7) is 0. The molecule has 3 heteroatoms. The highest BCUT2D eigenvalue weighted by molar-refractivity contribution is 6.08. The summed E-state index contributed by atoms with van der Waals surface area (Å²) < 4.78 is 2.41. The minimum atomic E-state index is 0.0483. The number of nitrogens with zero attached hydrogens (tertiary/aromatic N) is 3. The van der Waals surface area contributed by atoms with Gasteiger partial charge in [-0.3, -0.25) is 0 Å². The van der Waals surface area contributed by atoms with Gasteiger partial charge >= 0.3 is 0 Å². The Bertz CT molecular complexity index is 2170. The predicted molar refractivity (Wildman–Crippen MR) is 206 cm³/mol. The van der Waals surface area contributed by atoms with E-state index in [0.717, 1.165) is 0 Å². The zero-order chi connectivity index (χ0) is 33.4. The third kappa shape index (κ3) is 5.12. The molecule has 2 spiro atoms. The molecule has 4 aromatic rings. The maximum absolute atomic E-state index is 10.0. The van der Waals surface area contributed by atoms with Gasteiger partial charge in [-0.2, -0.15) is 9.84 Å². The summed E-state index contributed by atoms with van der Waals surface area (Å²) >= 11 is 0. The third-order valence-electron chi connectivity index (χ3n) is 12.0. The number of nitriles is 1. The molecule has 2 saturated carbocycles. The van der Waals surface area contributed by atoms with Crippen molar-refractivity contribution in [3.63, 3.8) is 0 Å². The molecule has 49 heavy (non-hydrogen) atoms. The maximum Gasteiger partial charge on any atom is 0.210 e. The Kier molecular flexibility index (Phi) is 8.20. The summed E-state index contributed by atoms with van der Waals surface area (Å²) in [5, 5.41) is 15.4. The monoisotopic (exact) mass is 640 g/mol. The molecule has 0 bridgehead atoms. The van der Waals surface area contributed by atoms with Crippen molar-refractivity contribution in [2.24, 2.45) is 0 Å².